The summed E-state index contributed by atoms with van der Waals surface area (Å²) in [5.41, 5.74) is 2.91. The van der Waals surface area contributed by atoms with Crippen molar-refractivity contribution in [1.82, 2.24) is 4.98 Å². The van der Waals surface area contributed by atoms with Gasteiger partial charge in [-0.1, -0.05) is 18.2 Å². The molecule has 3 nitrogen and oxygen atoms in total. The fourth-order valence-electron chi connectivity index (χ4n) is 1.69. The summed E-state index contributed by atoms with van der Waals surface area (Å²) in [5, 5.41) is 7.09. The quantitative estimate of drug-likeness (QED) is 0.731. The van der Waals surface area contributed by atoms with Crippen LogP contribution in [0.3, 0.4) is 0 Å². The van der Waals surface area contributed by atoms with E-state index in [4.69, 9.17) is 4.42 Å². The fourth-order valence-corrected chi connectivity index (χ4v) is 2.36. The molecule has 16 heavy (non-hydrogen) atoms. The minimum Gasteiger partial charge on any atom is -0.464 e. The Bertz CT molecular complexity index is 627. The molecule has 0 atom stereocenters. The number of rotatable bonds is 2. The molecule has 0 amide bonds. The second kappa shape index (κ2) is 3.64. The van der Waals surface area contributed by atoms with Crippen LogP contribution < -0.4 is 5.32 Å². The van der Waals surface area contributed by atoms with E-state index in [1.165, 1.54) is 0 Å². The maximum atomic E-state index is 5.49. The van der Waals surface area contributed by atoms with Gasteiger partial charge >= 0.3 is 0 Å². The van der Waals surface area contributed by atoms with E-state index < -0.39 is 0 Å². The third kappa shape index (κ3) is 1.39. The van der Waals surface area contributed by atoms with Crippen LogP contribution in [0.1, 0.15) is 0 Å². The molecule has 4 heteroatoms. The monoisotopic (exact) mass is 230 g/mol. The summed E-state index contributed by atoms with van der Waals surface area (Å²) in [6.07, 6.45) is 1.76. The number of benzene rings is 1. The third-order valence-electron chi connectivity index (χ3n) is 2.47. The molecule has 0 fully saturated rings. The van der Waals surface area contributed by atoms with Gasteiger partial charge in [-0.05, 0) is 6.07 Å². The number of hydrogen-bond acceptors (Lipinski definition) is 4. The van der Waals surface area contributed by atoms with Gasteiger partial charge in [-0.25, -0.2) is 4.98 Å². The number of thiazole rings is 1. The molecule has 0 unspecified atom stereocenters. The molecular formula is C12H10N2OS. The molecule has 0 aliphatic rings. The van der Waals surface area contributed by atoms with Gasteiger partial charge in [0, 0.05) is 23.4 Å². The summed E-state index contributed by atoms with van der Waals surface area (Å²) < 4.78 is 5.49. The first-order chi connectivity index (χ1) is 7.88. The first kappa shape index (κ1) is 9.42. The average molecular weight is 230 g/mol. The molecule has 0 saturated carbocycles. The molecular weight excluding hydrogens is 220 g/mol. The Labute approximate surface area is 96.7 Å². The van der Waals surface area contributed by atoms with Gasteiger partial charge in [0.1, 0.15) is 11.8 Å². The number of para-hydroxylation sites is 1. The Morgan fingerprint density at radius 2 is 2.19 bits per heavy atom. The average Bonchev–Trinajstić information content (AvgIpc) is 2.94. The summed E-state index contributed by atoms with van der Waals surface area (Å²) in [6, 6.07) is 7.99. The Morgan fingerprint density at radius 3 is 3.00 bits per heavy atom. The van der Waals surface area contributed by atoms with E-state index in [1.54, 1.807) is 17.6 Å². The molecule has 0 radical (unpaired) electrons. The lowest BCUT2D eigenvalue weighted by atomic mass is 10.1. The first-order valence-electron chi connectivity index (χ1n) is 4.98. The van der Waals surface area contributed by atoms with Crippen molar-refractivity contribution in [3.05, 3.63) is 35.9 Å². The van der Waals surface area contributed by atoms with Gasteiger partial charge in [-0.2, -0.15) is 0 Å². The van der Waals surface area contributed by atoms with Crippen LogP contribution in [0.5, 0.6) is 0 Å². The highest BCUT2D eigenvalue weighted by molar-refractivity contribution is 7.14. The van der Waals surface area contributed by atoms with Crippen LogP contribution in [0.2, 0.25) is 0 Å². The van der Waals surface area contributed by atoms with Crippen molar-refractivity contribution in [2.45, 2.75) is 0 Å². The summed E-state index contributed by atoms with van der Waals surface area (Å²) in [4.78, 5) is 4.47. The Balaban J connectivity index is 2.18. The predicted octanol–water partition coefficient (Wildman–Crippen LogP) is 3.60. The minimum absolute atomic E-state index is 0.900. The highest BCUT2D eigenvalue weighted by Gasteiger charge is 2.10. The summed E-state index contributed by atoms with van der Waals surface area (Å²) in [7, 11) is 1.87. The summed E-state index contributed by atoms with van der Waals surface area (Å²) in [6.45, 7) is 0. The first-order valence-corrected chi connectivity index (χ1v) is 5.86. The zero-order valence-corrected chi connectivity index (χ0v) is 9.54. The standard InChI is InChI=1S/C12H10N2OS/c1-13-12-14-10(7-16-12)9-6-15-11-5-3-2-4-8(9)11/h2-7H,1H3,(H,13,14). The van der Waals surface area contributed by atoms with E-state index in [0.717, 1.165) is 27.4 Å². The number of nitrogens with one attached hydrogen (secondary N) is 1. The molecule has 80 valence electrons. The second-order valence-corrected chi connectivity index (χ2v) is 4.29. The van der Waals surface area contributed by atoms with Crippen molar-refractivity contribution < 1.29 is 4.42 Å². The van der Waals surface area contributed by atoms with Gasteiger partial charge in [0.05, 0.1) is 5.69 Å². The van der Waals surface area contributed by atoms with E-state index in [0.29, 0.717) is 0 Å². The Morgan fingerprint density at radius 1 is 1.31 bits per heavy atom. The van der Waals surface area contributed by atoms with E-state index in [1.807, 2.05) is 36.7 Å². The maximum Gasteiger partial charge on any atom is 0.182 e. The number of nitrogens with zero attached hydrogens (tertiary/aromatic N) is 1. The van der Waals surface area contributed by atoms with Gasteiger partial charge in [0.15, 0.2) is 5.13 Å². The van der Waals surface area contributed by atoms with Crippen molar-refractivity contribution in [1.29, 1.82) is 0 Å². The molecule has 0 aliphatic heterocycles. The number of anilines is 1. The van der Waals surface area contributed by atoms with Gasteiger partial charge in [0.25, 0.3) is 0 Å². The molecule has 2 heterocycles. The summed E-state index contributed by atoms with van der Waals surface area (Å²) >= 11 is 1.59. The van der Waals surface area contributed by atoms with Crippen molar-refractivity contribution in [2.75, 3.05) is 12.4 Å². The maximum absolute atomic E-state index is 5.49. The van der Waals surface area contributed by atoms with Crippen molar-refractivity contribution in [3.8, 4) is 11.3 Å². The van der Waals surface area contributed by atoms with Gasteiger partial charge in [0.2, 0.25) is 0 Å². The molecule has 0 saturated heterocycles. The summed E-state index contributed by atoms with van der Waals surface area (Å²) in [5.74, 6) is 0. The van der Waals surface area contributed by atoms with Crippen LogP contribution in [0.25, 0.3) is 22.2 Å². The molecule has 0 spiro atoms. The molecule has 1 aromatic carbocycles. The Hall–Kier alpha value is -1.81. The highest BCUT2D eigenvalue weighted by atomic mass is 32.1. The largest absolute Gasteiger partial charge is 0.464 e. The molecule has 1 N–H and O–H groups in total. The van der Waals surface area contributed by atoms with Crippen molar-refractivity contribution >= 4 is 27.4 Å². The predicted molar refractivity (Wildman–Crippen MR) is 66.9 cm³/mol. The zero-order valence-electron chi connectivity index (χ0n) is 8.73. The van der Waals surface area contributed by atoms with Crippen LogP contribution in [-0.4, -0.2) is 12.0 Å². The minimum atomic E-state index is 0.900. The van der Waals surface area contributed by atoms with Gasteiger partial charge < -0.3 is 9.73 Å². The zero-order chi connectivity index (χ0) is 11.0. The molecule has 3 aromatic rings. The van der Waals surface area contributed by atoms with E-state index in [9.17, 15) is 0 Å². The molecule has 0 bridgehead atoms. The van der Waals surface area contributed by atoms with E-state index in [2.05, 4.69) is 10.3 Å². The molecule has 0 aliphatic carbocycles. The van der Waals surface area contributed by atoms with Crippen molar-refractivity contribution in [3.63, 3.8) is 0 Å². The highest BCUT2D eigenvalue weighted by Crippen LogP contribution is 2.32. The number of furan rings is 1. The number of aromatic nitrogens is 1. The molecule has 2 aromatic heterocycles. The lowest BCUT2D eigenvalue weighted by Crippen LogP contribution is -1.85. The second-order valence-electron chi connectivity index (χ2n) is 3.43. The third-order valence-corrected chi connectivity index (χ3v) is 3.33. The molecule has 3 rings (SSSR count). The van der Waals surface area contributed by atoms with E-state index >= 15 is 0 Å². The van der Waals surface area contributed by atoms with Crippen LogP contribution in [0.4, 0.5) is 5.13 Å². The smallest absolute Gasteiger partial charge is 0.182 e. The van der Waals surface area contributed by atoms with Crippen LogP contribution in [0, 0.1) is 0 Å². The fraction of sp³-hybridized carbons (Fsp3) is 0.0833. The normalized spacial score (nSPS) is 10.8. The van der Waals surface area contributed by atoms with Gasteiger partial charge in [-0.3, -0.25) is 0 Å². The number of fused-ring (bicyclic) bond motifs is 1. The lowest BCUT2D eigenvalue weighted by molar-refractivity contribution is 0.617. The van der Waals surface area contributed by atoms with Gasteiger partial charge in [-0.15, -0.1) is 11.3 Å². The number of hydrogen-bond donors (Lipinski definition) is 1. The Kier molecular flexibility index (Phi) is 2.15. The topological polar surface area (TPSA) is 38.1 Å². The van der Waals surface area contributed by atoms with E-state index in [-0.39, 0.29) is 0 Å². The van der Waals surface area contributed by atoms with Crippen LogP contribution in [-0.2, 0) is 0 Å². The van der Waals surface area contributed by atoms with Crippen LogP contribution >= 0.6 is 11.3 Å². The van der Waals surface area contributed by atoms with Crippen LogP contribution in [0.15, 0.2) is 40.3 Å². The van der Waals surface area contributed by atoms with Crippen molar-refractivity contribution in [2.24, 2.45) is 0 Å². The SMILES string of the molecule is CNc1nc(-c2coc3ccccc23)cs1. The lowest BCUT2D eigenvalue weighted by Gasteiger charge is -1.92.